The number of aryl methyl sites for hydroxylation is 1. The summed E-state index contributed by atoms with van der Waals surface area (Å²) < 4.78 is 6.21. The molecule has 0 saturated heterocycles. The maximum atomic E-state index is 12.4. The summed E-state index contributed by atoms with van der Waals surface area (Å²) >= 11 is 2.59. The largest absolute Gasteiger partial charge is 0.293 e. The third-order valence-corrected chi connectivity index (χ3v) is 6.25. The minimum Gasteiger partial charge on any atom is -0.293 e. The van der Waals surface area contributed by atoms with Crippen molar-refractivity contribution in [2.75, 3.05) is 11.1 Å². The highest BCUT2D eigenvalue weighted by Gasteiger charge is 2.14. The molecule has 0 fully saturated rings. The molecule has 0 spiro atoms. The summed E-state index contributed by atoms with van der Waals surface area (Å²) in [5.41, 5.74) is 3.92. The van der Waals surface area contributed by atoms with Gasteiger partial charge in [0.15, 0.2) is 10.8 Å². The molecule has 7 nitrogen and oxygen atoms in total. The Morgan fingerprint density at radius 1 is 1.07 bits per heavy atom. The Bertz CT molecular complexity index is 1360. The summed E-state index contributed by atoms with van der Waals surface area (Å²) in [4.78, 5) is 16.9. The second-order valence-corrected chi connectivity index (χ2v) is 8.39. The zero-order valence-corrected chi connectivity index (χ0v) is 17.6. The van der Waals surface area contributed by atoms with Crippen LogP contribution in [0.15, 0.2) is 65.8 Å². The fraction of sp³-hybridized carbons (Fsp3) is 0.0952. The van der Waals surface area contributed by atoms with Gasteiger partial charge in [-0.25, -0.2) is 0 Å². The van der Waals surface area contributed by atoms with Crippen molar-refractivity contribution < 1.29 is 4.79 Å². The van der Waals surface area contributed by atoms with Gasteiger partial charge in [0.05, 0.1) is 11.3 Å². The Hall–Kier alpha value is -3.30. The van der Waals surface area contributed by atoms with Crippen molar-refractivity contribution in [3.05, 3.63) is 66.2 Å². The smallest absolute Gasteiger partial charge is 0.241 e. The lowest BCUT2D eigenvalue weighted by atomic mass is 10.2. The summed E-state index contributed by atoms with van der Waals surface area (Å²) in [6.07, 6.45) is 0. The summed E-state index contributed by atoms with van der Waals surface area (Å²) in [6, 6.07) is 20.0. The van der Waals surface area contributed by atoms with Crippen molar-refractivity contribution in [2.24, 2.45) is 0 Å². The molecule has 3 aromatic heterocycles. The van der Waals surface area contributed by atoms with Crippen LogP contribution in [0.1, 0.15) is 5.56 Å². The molecule has 0 unspecified atom stereocenters. The lowest BCUT2D eigenvalue weighted by Crippen LogP contribution is -2.15. The van der Waals surface area contributed by atoms with Crippen molar-refractivity contribution in [1.29, 1.82) is 0 Å². The molecule has 0 saturated carbocycles. The SMILES string of the molecule is Cc1ccc(-c2nc(NC(=O)CSc3nnc4ccc5ccccc5n34)ns2)cc1. The first kappa shape index (κ1) is 18.7. The van der Waals surface area contributed by atoms with Gasteiger partial charge in [-0.2, -0.15) is 9.36 Å². The van der Waals surface area contributed by atoms with Crippen LogP contribution in [0.25, 0.3) is 27.1 Å². The number of nitrogens with one attached hydrogen (secondary N) is 1. The molecule has 3 heterocycles. The minimum absolute atomic E-state index is 0.184. The molecule has 1 amide bonds. The second kappa shape index (κ2) is 7.85. The van der Waals surface area contributed by atoms with Crippen molar-refractivity contribution in [3.8, 4) is 10.6 Å². The van der Waals surface area contributed by atoms with Gasteiger partial charge in [-0.15, -0.1) is 10.2 Å². The number of hydrogen-bond acceptors (Lipinski definition) is 7. The van der Waals surface area contributed by atoms with Crippen LogP contribution in [0.2, 0.25) is 0 Å². The minimum atomic E-state index is -0.190. The number of carbonyl (C=O) groups excluding carboxylic acids is 1. The fourth-order valence-electron chi connectivity index (χ4n) is 3.08. The standard InChI is InChI=1S/C21H16N6OS2/c1-13-6-8-15(9-7-13)19-23-20(26-30-19)22-18(28)12-29-21-25-24-17-11-10-14-4-2-3-5-16(14)27(17)21/h2-11H,12H2,1H3,(H,22,26,28). The van der Waals surface area contributed by atoms with Gasteiger partial charge >= 0.3 is 0 Å². The number of fused-ring (bicyclic) bond motifs is 3. The highest BCUT2D eigenvalue weighted by Crippen LogP contribution is 2.25. The van der Waals surface area contributed by atoms with Crippen LogP contribution in [0, 0.1) is 6.92 Å². The average Bonchev–Trinajstić information content (AvgIpc) is 3.40. The van der Waals surface area contributed by atoms with Gasteiger partial charge in [0.2, 0.25) is 11.9 Å². The van der Waals surface area contributed by atoms with Crippen LogP contribution in [0.4, 0.5) is 5.95 Å². The van der Waals surface area contributed by atoms with E-state index in [2.05, 4.69) is 24.9 Å². The van der Waals surface area contributed by atoms with Crippen LogP contribution in [0.3, 0.4) is 0 Å². The molecule has 0 radical (unpaired) electrons. The second-order valence-electron chi connectivity index (χ2n) is 6.69. The number of amides is 1. The first-order valence-corrected chi connectivity index (χ1v) is 11.0. The Labute approximate surface area is 180 Å². The number of aromatic nitrogens is 5. The highest BCUT2D eigenvalue weighted by molar-refractivity contribution is 7.99. The van der Waals surface area contributed by atoms with E-state index in [4.69, 9.17) is 0 Å². The van der Waals surface area contributed by atoms with Crippen LogP contribution in [0.5, 0.6) is 0 Å². The van der Waals surface area contributed by atoms with Crippen LogP contribution in [-0.4, -0.2) is 35.6 Å². The molecule has 9 heteroatoms. The predicted molar refractivity (Wildman–Crippen MR) is 120 cm³/mol. The number of anilines is 1. The molecule has 0 aliphatic rings. The molecule has 5 rings (SSSR count). The highest BCUT2D eigenvalue weighted by atomic mass is 32.2. The summed E-state index contributed by atoms with van der Waals surface area (Å²) in [5.74, 6) is 0.311. The zero-order valence-electron chi connectivity index (χ0n) is 15.9. The number of carbonyl (C=O) groups is 1. The van der Waals surface area contributed by atoms with E-state index in [0.717, 1.165) is 27.1 Å². The Kier molecular flexibility index (Phi) is 4.89. The summed E-state index contributed by atoms with van der Waals surface area (Å²) in [7, 11) is 0. The number of thioether (sulfide) groups is 1. The van der Waals surface area contributed by atoms with E-state index in [1.54, 1.807) is 0 Å². The molecule has 5 aromatic rings. The molecule has 0 aliphatic carbocycles. The Morgan fingerprint density at radius 3 is 2.77 bits per heavy atom. The fourth-order valence-corrected chi connectivity index (χ4v) is 4.46. The summed E-state index contributed by atoms with van der Waals surface area (Å²) in [5, 5.41) is 13.7. The van der Waals surface area contributed by atoms with Crippen molar-refractivity contribution in [2.45, 2.75) is 12.1 Å². The molecule has 0 bridgehead atoms. The van der Waals surface area contributed by atoms with Crippen molar-refractivity contribution in [3.63, 3.8) is 0 Å². The first-order valence-electron chi connectivity index (χ1n) is 9.24. The maximum Gasteiger partial charge on any atom is 0.241 e. The van der Waals surface area contributed by atoms with E-state index < -0.39 is 0 Å². The third kappa shape index (κ3) is 3.64. The number of pyridine rings is 1. The van der Waals surface area contributed by atoms with Crippen molar-refractivity contribution >= 4 is 51.7 Å². The van der Waals surface area contributed by atoms with Gasteiger partial charge in [-0.1, -0.05) is 59.8 Å². The average molecular weight is 433 g/mol. The van der Waals surface area contributed by atoms with Crippen molar-refractivity contribution in [1.82, 2.24) is 24.0 Å². The quantitative estimate of drug-likeness (QED) is 0.413. The maximum absolute atomic E-state index is 12.4. The van der Waals surface area contributed by atoms with Gasteiger partial charge in [-0.05, 0) is 42.0 Å². The Balaban J connectivity index is 1.29. The van der Waals surface area contributed by atoms with E-state index in [1.165, 1.54) is 28.9 Å². The lowest BCUT2D eigenvalue weighted by Gasteiger charge is -2.04. The van der Waals surface area contributed by atoms with Gasteiger partial charge in [0, 0.05) is 5.56 Å². The first-order chi connectivity index (χ1) is 14.7. The zero-order chi connectivity index (χ0) is 20.5. The number of rotatable bonds is 5. The summed E-state index contributed by atoms with van der Waals surface area (Å²) in [6.45, 7) is 2.04. The number of benzene rings is 2. The third-order valence-electron chi connectivity index (χ3n) is 4.56. The molecule has 0 aliphatic heterocycles. The molecule has 0 atom stereocenters. The van der Waals surface area contributed by atoms with Crippen LogP contribution in [-0.2, 0) is 4.79 Å². The predicted octanol–water partition coefficient (Wildman–Crippen LogP) is 4.44. The molecule has 2 aromatic carbocycles. The van der Waals surface area contributed by atoms with Crippen LogP contribution >= 0.6 is 23.3 Å². The van der Waals surface area contributed by atoms with Gasteiger partial charge in [-0.3, -0.25) is 14.5 Å². The van der Waals surface area contributed by atoms with Gasteiger partial charge < -0.3 is 0 Å². The molecule has 1 N–H and O–H groups in total. The van der Waals surface area contributed by atoms with E-state index >= 15 is 0 Å². The van der Waals surface area contributed by atoms with Gasteiger partial charge in [0.1, 0.15) is 5.01 Å². The molecular weight excluding hydrogens is 416 g/mol. The van der Waals surface area contributed by atoms with E-state index in [-0.39, 0.29) is 11.7 Å². The van der Waals surface area contributed by atoms with E-state index in [1.807, 2.05) is 72.0 Å². The van der Waals surface area contributed by atoms with E-state index in [0.29, 0.717) is 11.1 Å². The topological polar surface area (TPSA) is 85.1 Å². The van der Waals surface area contributed by atoms with E-state index in [9.17, 15) is 4.79 Å². The normalized spacial score (nSPS) is 11.2. The Morgan fingerprint density at radius 2 is 1.90 bits per heavy atom. The lowest BCUT2D eigenvalue weighted by molar-refractivity contribution is -0.113. The monoisotopic (exact) mass is 432 g/mol. The van der Waals surface area contributed by atoms with Crippen LogP contribution < -0.4 is 5.32 Å². The molecular formula is C21H16N6OS2. The number of para-hydroxylation sites is 1. The molecule has 148 valence electrons. The van der Waals surface area contributed by atoms with Gasteiger partial charge in [0.25, 0.3) is 0 Å². The number of nitrogens with zero attached hydrogens (tertiary/aromatic N) is 5. The molecule has 30 heavy (non-hydrogen) atoms. The number of hydrogen-bond donors (Lipinski definition) is 1.